The fourth-order valence-corrected chi connectivity index (χ4v) is 1.68. The smallest absolute Gasteiger partial charge is 0.258 e. The van der Waals surface area contributed by atoms with Crippen LogP contribution < -0.4 is 5.73 Å². The van der Waals surface area contributed by atoms with Gasteiger partial charge in [0.15, 0.2) is 5.82 Å². The molecular formula is C13H15ClFN3O2. The minimum Gasteiger partial charge on any atom is -0.377 e. The van der Waals surface area contributed by atoms with E-state index in [1.165, 1.54) is 18.2 Å². The fourth-order valence-electron chi connectivity index (χ4n) is 1.50. The Balaban J connectivity index is 2.13. The maximum atomic E-state index is 13.1. The predicted molar refractivity (Wildman–Crippen MR) is 72.7 cm³/mol. The Morgan fingerprint density at radius 2 is 2.20 bits per heavy atom. The summed E-state index contributed by atoms with van der Waals surface area (Å²) in [4.78, 5) is 4.17. The molecule has 1 aromatic heterocycles. The van der Waals surface area contributed by atoms with E-state index in [4.69, 9.17) is 26.6 Å². The Morgan fingerprint density at radius 3 is 2.85 bits per heavy atom. The highest BCUT2D eigenvalue weighted by molar-refractivity contribution is 6.31. The average Bonchev–Trinajstić information content (AvgIpc) is 2.89. The summed E-state index contributed by atoms with van der Waals surface area (Å²) in [6.45, 7) is 4.12. The lowest BCUT2D eigenvalue weighted by Crippen LogP contribution is -2.20. The van der Waals surface area contributed by atoms with Gasteiger partial charge in [0, 0.05) is 5.56 Å². The van der Waals surface area contributed by atoms with Crippen molar-refractivity contribution in [1.29, 1.82) is 0 Å². The van der Waals surface area contributed by atoms with Crippen LogP contribution >= 0.6 is 11.6 Å². The number of nitrogens with zero attached hydrogens (tertiary/aromatic N) is 2. The molecule has 1 unspecified atom stereocenters. The third-order valence-electron chi connectivity index (χ3n) is 2.55. The molecule has 2 rings (SSSR count). The van der Waals surface area contributed by atoms with Crippen LogP contribution in [0, 0.1) is 5.82 Å². The SMILES string of the molecule is CC(C)OCC(N)c1noc(-c2ccc(F)c(Cl)c2)n1. The number of ether oxygens (including phenoxy) is 1. The van der Waals surface area contributed by atoms with E-state index in [1.807, 2.05) is 13.8 Å². The number of hydrogen-bond acceptors (Lipinski definition) is 5. The van der Waals surface area contributed by atoms with Crippen LogP contribution in [0.4, 0.5) is 4.39 Å². The van der Waals surface area contributed by atoms with E-state index < -0.39 is 11.9 Å². The monoisotopic (exact) mass is 299 g/mol. The second-order valence-corrected chi connectivity index (χ2v) is 4.98. The van der Waals surface area contributed by atoms with Crippen LogP contribution in [0.15, 0.2) is 22.7 Å². The minimum absolute atomic E-state index is 0.00492. The molecule has 0 aliphatic heterocycles. The topological polar surface area (TPSA) is 74.2 Å². The van der Waals surface area contributed by atoms with Gasteiger partial charge >= 0.3 is 0 Å². The summed E-state index contributed by atoms with van der Waals surface area (Å²) in [5, 5.41) is 3.79. The van der Waals surface area contributed by atoms with Gasteiger partial charge in [-0.15, -0.1) is 0 Å². The van der Waals surface area contributed by atoms with Crippen LogP contribution in [0.1, 0.15) is 25.7 Å². The second-order valence-electron chi connectivity index (χ2n) is 4.58. The molecule has 0 aliphatic carbocycles. The van der Waals surface area contributed by atoms with Crippen LogP contribution in [0.25, 0.3) is 11.5 Å². The molecule has 0 fully saturated rings. The molecule has 1 atom stereocenters. The van der Waals surface area contributed by atoms with Crippen LogP contribution in [-0.2, 0) is 4.74 Å². The lowest BCUT2D eigenvalue weighted by molar-refractivity contribution is 0.0665. The van der Waals surface area contributed by atoms with E-state index in [-0.39, 0.29) is 17.0 Å². The quantitative estimate of drug-likeness (QED) is 0.918. The molecule has 0 radical (unpaired) electrons. The third kappa shape index (κ3) is 3.53. The van der Waals surface area contributed by atoms with Crippen LogP contribution in [0.2, 0.25) is 5.02 Å². The average molecular weight is 300 g/mol. The lowest BCUT2D eigenvalue weighted by Gasteiger charge is -2.10. The van der Waals surface area contributed by atoms with Gasteiger partial charge in [0.05, 0.1) is 23.8 Å². The molecule has 0 saturated carbocycles. The normalized spacial score (nSPS) is 12.9. The number of aromatic nitrogens is 2. The maximum Gasteiger partial charge on any atom is 0.258 e. The molecule has 7 heteroatoms. The molecule has 0 aliphatic rings. The maximum absolute atomic E-state index is 13.1. The Labute approximate surface area is 120 Å². The number of rotatable bonds is 5. The Bertz CT molecular complexity index is 589. The highest BCUT2D eigenvalue weighted by Gasteiger charge is 2.16. The van der Waals surface area contributed by atoms with E-state index in [9.17, 15) is 4.39 Å². The second kappa shape index (κ2) is 6.30. The van der Waals surface area contributed by atoms with Gasteiger partial charge in [-0.05, 0) is 32.0 Å². The van der Waals surface area contributed by atoms with Crippen molar-refractivity contribution < 1.29 is 13.7 Å². The molecule has 5 nitrogen and oxygen atoms in total. The summed E-state index contributed by atoms with van der Waals surface area (Å²) < 4.78 is 23.6. The lowest BCUT2D eigenvalue weighted by atomic mass is 10.2. The first-order valence-corrected chi connectivity index (χ1v) is 6.51. The molecular weight excluding hydrogens is 285 g/mol. The van der Waals surface area contributed by atoms with Crippen molar-refractivity contribution in [3.05, 3.63) is 34.9 Å². The zero-order valence-corrected chi connectivity index (χ0v) is 11.9. The van der Waals surface area contributed by atoms with Gasteiger partial charge in [-0.2, -0.15) is 4.98 Å². The summed E-state index contributed by atoms with van der Waals surface area (Å²) in [6.07, 6.45) is 0.0725. The van der Waals surface area contributed by atoms with Crippen molar-refractivity contribution in [2.24, 2.45) is 5.73 Å². The molecule has 108 valence electrons. The highest BCUT2D eigenvalue weighted by Crippen LogP contribution is 2.24. The van der Waals surface area contributed by atoms with Crippen molar-refractivity contribution >= 4 is 11.6 Å². The van der Waals surface area contributed by atoms with Gasteiger partial charge < -0.3 is 15.0 Å². The molecule has 1 heterocycles. The standard InChI is InChI=1S/C13H15ClFN3O2/c1-7(2)19-6-11(16)12-17-13(20-18-12)8-3-4-10(15)9(14)5-8/h3-5,7,11H,6,16H2,1-2H3. The Hall–Kier alpha value is -1.50. The number of nitrogens with two attached hydrogens (primary N) is 1. The zero-order valence-electron chi connectivity index (χ0n) is 11.1. The van der Waals surface area contributed by atoms with E-state index in [0.29, 0.717) is 18.0 Å². The first-order valence-electron chi connectivity index (χ1n) is 6.13. The van der Waals surface area contributed by atoms with Crippen molar-refractivity contribution in [1.82, 2.24) is 10.1 Å². The third-order valence-corrected chi connectivity index (χ3v) is 2.84. The summed E-state index contributed by atoms with van der Waals surface area (Å²) in [5.41, 5.74) is 6.43. The highest BCUT2D eigenvalue weighted by atomic mass is 35.5. The summed E-state index contributed by atoms with van der Waals surface area (Å²) in [6, 6.07) is 3.69. The molecule has 1 aromatic carbocycles. The van der Waals surface area contributed by atoms with Crippen molar-refractivity contribution in [2.75, 3.05) is 6.61 Å². The minimum atomic E-state index is -0.503. The van der Waals surface area contributed by atoms with Crippen molar-refractivity contribution in [3.63, 3.8) is 0 Å². The number of hydrogen-bond donors (Lipinski definition) is 1. The zero-order chi connectivity index (χ0) is 14.7. The van der Waals surface area contributed by atoms with E-state index in [1.54, 1.807) is 0 Å². The van der Waals surface area contributed by atoms with Crippen LogP contribution in [0.3, 0.4) is 0 Å². The summed E-state index contributed by atoms with van der Waals surface area (Å²) in [7, 11) is 0. The Kier molecular flexibility index (Phi) is 4.69. The van der Waals surface area contributed by atoms with E-state index in [2.05, 4.69) is 10.1 Å². The number of benzene rings is 1. The molecule has 2 aromatic rings. The first-order chi connectivity index (χ1) is 9.47. The number of halogens is 2. The first kappa shape index (κ1) is 14.9. The van der Waals surface area contributed by atoms with Gasteiger partial charge in [-0.1, -0.05) is 16.8 Å². The van der Waals surface area contributed by atoms with E-state index in [0.717, 1.165) is 0 Å². The van der Waals surface area contributed by atoms with Crippen molar-refractivity contribution in [3.8, 4) is 11.5 Å². The van der Waals surface area contributed by atoms with Gasteiger partial charge in [-0.3, -0.25) is 0 Å². The molecule has 0 bridgehead atoms. The van der Waals surface area contributed by atoms with Gasteiger partial charge in [0.1, 0.15) is 5.82 Å². The summed E-state index contributed by atoms with van der Waals surface area (Å²) >= 11 is 5.71. The van der Waals surface area contributed by atoms with E-state index >= 15 is 0 Å². The molecule has 0 spiro atoms. The van der Waals surface area contributed by atoms with Gasteiger partial charge in [-0.25, -0.2) is 4.39 Å². The Morgan fingerprint density at radius 1 is 1.45 bits per heavy atom. The van der Waals surface area contributed by atoms with Crippen LogP contribution in [0.5, 0.6) is 0 Å². The van der Waals surface area contributed by atoms with Gasteiger partial charge in [0.25, 0.3) is 5.89 Å². The van der Waals surface area contributed by atoms with Gasteiger partial charge in [0.2, 0.25) is 0 Å². The molecule has 0 saturated heterocycles. The molecule has 2 N–H and O–H groups in total. The fraction of sp³-hybridized carbons (Fsp3) is 0.385. The van der Waals surface area contributed by atoms with Crippen LogP contribution in [-0.4, -0.2) is 22.9 Å². The summed E-state index contributed by atoms with van der Waals surface area (Å²) in [5.74, 6) is 0.0696. The molecule has 20 heavy (non-hydrogen) atoms. The predicted octanol–water partition coefficient (Wildman–Crippen LogP) is 2.95. The largest absolute Gasteiger partial charge is 0.377 e. The molecule has 0 amide bonds. The van der Waals surface area contributed by atoms with Crippen molar-refractivity contribution in [2.45, 2.75) is 26.0 Å².